The van der Waals surface area contributed by atoms with Gasteiger partial charge in [-0.1, -0.05) is 19.3 Å². The van der Waals surface area contributed by atoms with E-state index in [0.717, 1.165) is 32.2 Å². The highest BCUT2D eigenvalue weighted by Gasteiger charge is 2.30. The largest absolute Gasteiger partial charge is 0.381 e. The highest BCUT2D eigenvalue weighted by atomic mass is 16.5. The predicted octanol–water partition coefficient (Wildman–Crippen LogP) is 3.12. The maximum Gasteiger partial charge on any atom is 0.0753 e. The van der Waals surface area contributed by atoms with Gasteiger partial charge in [0.15, 0.2) is 0 Å². The molecule has 2 N–H and O–H groups in total. The number of hydrogen-bond donors (Lipinski definition) is 1. The molecule has 2 atom stereocenters. The monoisotopic (exact) mass is 269 g/mol. The summed E-state index contributed by atoms with van der Waals surface area (Å²) < 4.78 is 11.5. The van der Waals surface area contributed by atoms with Crippen LogP contribution in [-0.2, 0) is 9.47 Å². The van der Waals surface area contributed by atoms with Crippen molar-refractivity contribution in [3.05, 3.63) is 0 Å². The van der Waals surface area contributed by atoms with E-state index in [0.29, 0.717) is 5.92 Å². The zero-order chi connectivity index (χ0) is 13.5. The lowest BCUT2D eigenvalue weighted by Gasteiger charge is -2.36. The van der Waals surface area contributed by atoms with Crippen molar-refractivity contribution in [1.82, 2.24) is 0 Å². The molecule has 0 bridgehead atoms. The van der Waals surface area contributed by atoms with Crippen LogP contribution in [0.4, 0.5) is 0 Å². The Balaban J connectivity index is 1.85. The van der Waals surface area contributed by atoms with Gasteiger partial charge in [-0.15, -0.1) is 0 Å². The molecule has 0 aromatic rings. The van der Waals surface area contributed by atoms with Crippen molar-refractivity contribution in [2.45, 2.75) is 70.4 Å². The fourth-order valence-corrected chi connectivity index (χ4v) is 3.77. The van der Waals surface area contributed by atoms with Crippen molar-refractivity contribution in [2.75, 3.05) is 19.8 Å². The molecule has 0 aromatic carbocycles. The molecule has 19 heavy (non-hydrogen) atoms. The second-order valence-electron chi connectivity index (χ2n) is 6.27. The minimum absolute atomic E-state index is 0.214. The van der Waals surface area contributed by atoms with Gasteiger partial charge in [0.1, 0.15) is 0 Å². The van der Waals surface area contributed by atoms with Crippen molar-refractivity contribution in [1.29, 1.82) is 0 Å². The molecule has 0 amide bonds. The Morgan fingerprint density at radius 1 is 1.11 bits per heavy atom. The van der Waals surface area contributed by atoms with Crippen LogP contribution in [0.1, 0.15) is 58.3 Å². The quantitative estimate of drug-likeness (QED) is 0.806. The fourth-order valence-electron chi connectivity index (χ4n) is 3.77. The topological polar surface area (TPSA) is 44.5 Å². The zero-order valence-electron chi connectivity index (χ0n) is 12.5. The van der Waals surface area contributed by atoms with Gasteiger partial charge in [0.05, 0.1) is 6.10 Å². The molecule has 2 fully saturated rings. The van der Waals surface area contributed by atoms with E-state index < -0.39 is 0 Å². The van der Waals surface area contributed by atoms with Crippen LogP contribution in [0, 0.1) is 11.8 Å². The van der Waals surface area contributed by atoms with Gasteiger partial charge in [0.2, 0.25) is 0 Å². The molecule has 112 valence electrons. The summed E-state index contributed by atoms with van der Waals surface area (Å²) in [5, 5.41) is 0. The molecule has 1 saturated heterocycles. The van der Waals surface area contributed by atoms with E-state index in [2.05, 4.69) is 6.92 Å². The summed E-state index contributed by atoms with van der Waals surface area (Å²) >= 11 is 0. The molecule has 2 rings (SSSR count). The van der Waals surface area contributed by atoms with Gasteiger partial charge in [-0.05, 0) is 50.9 Å². The third-order valence-corrected chi connectivity index (χ3v) is 4.84. The first-order valence-corrected chi connectivity index (χ1v) is 8.26. The van der Waals surface area contributed by atoms with Crippen molar-refractivity contribution < 1.29 is 9.47 Å². The summed E-state index contributed by atoms with van der Waals surface area (Å²) in [6.07, 6.45) is 10.5. The lowest BCUT2D eigenvalue weighted by atomic mass is 9.80. The molecule has 2 unspecified atom stereocenters. The molecule has 1 aliphatic carbocycles. The van der Waals surface area contributed by atoms with Crippen LogP contribution >= 0.6 is 0 Å². The lowest BCUT2D eigenvalue weighted by molar-refractivity contribution is -0.0194. The standard InChI is InChI=1S/C16H31NO2/c1-2-19-16(14-6-4-3-5-7-14)15(17)12-13-8-10-18-11-9-13/h13-16H,2-12,17H2,1H3. The normalized spacial score (nSPS) is 26.2. The second-order valence-corrected chi connectivity index (χ2v) is 6.27. The Hall–Kier alpha value is -0.120. The van der Waals surface area contributed by atoms with Crippen LogP contribution in [0.5, 0.6) is 0 Å². The van der Waals surface area contributed by atoms with E-state index in [9.17, 15) is 0 Å². The smallest absolute Gasteiger partial charge is 0.0753 e. The Morgan fingerprint density at radius 2 is 1.79 bits per heavy atom. The highest BCUT2D eigenvalue weighted by molar-refractivity contribution is 4.85. The Labute approximate surface area is 118 Å². The van der Waals surface area contributed by atoms with E-state index in [1.165, 1.54) is 44.9 Å². The average molecular weight is 269 g/mol. The molecule has 1 heterocycles. The van der Waals surface area contributed by atoms with Crippen LogP contribution in [-0.4, -0.2) is 32.0 Å². The first-order chi connectivity index (χ1) is 9.31. The summed E-state index contributed by atoms with van der Waals surface area (Å²) in [6.45, 7) is 4.72. The molecular weight excluding hydrogens is 238 g/mol. The summed E-state index contributed by atoms with van der Waals surface area (Å²) in [7, 11) is 0. The van der Waals surface area contributed by atoms with Crippen molar-refractivity contribution in [3.8, 4) is 0 Å². The molecule has 2 aliphatic rings. The second kappa shape index (κ2) is 8.23. The predicted molar refractivity (Wildman–Crippen MR) is 78.1 cm³/mol. The number of ether oxygens (including phenoxy) is 2. The third-order valence-electron chi connectivity index (χ3n) is 4.84. The summed E-state index contributed by atoms with van der Waals surface area (Å²) in [6, 6.07) is 0.214. The molecule has 1 aliphatic heterocycles. The Bertz CT molecular complexity index is 235. The lowest BCUT2D eigenvalue weighted by Crippen LogP contribution is -2.44. The maximum absolute atomic E-state index is 6.50. The first-order valence-electron chi connectivity index (χ1n) is 8.26. The highest BCUT2D eigenvalue weighted by Crippen LogP contribution is 2.31. The first kappa shape index (κ1) is 15.3. The van der Waals surface area contributed by atoms with Crippen LogP contribution < -0.4 is 5.73 Å². The number of nitrogens with two attached hydrogens (primary N) is 1. The Kier molecular flexibility index (Phi) is 6.62. The van der Waals surface area contributed by atoms with Gasteiger partial charge in [0, 0.05) is 25.9 Å². The summed E-state index contributed by atoms with van der Waals surface area (Å²) in [5.41, 5.74) is 6.50. The summed E-state index contributed by atoms with van der Waals surface area (Å²) in [5.74, 6) is 1.44. The van der Waals surface area contributed by atoms with Gasteiger partial charge >= 0.3 is 0 Å². The summed E-state index contributed by atoms with van der Waals surface area (Å²) in [4.78, 5) is 0. The molecule has 0 aromatic heterocycles. The van der Waals surface area contributed by atoms with E-state index in [-0.39, 0.29) is 12.1 Å². The third kappa shape index (κ3) is 4.73. The number of rotatable bonds is 6. The average Bonchev–Trinajstić information content (AvgIpc) is 2.46. The van der Waals surface area contributed by atoms with Crippen molar-refractivity contribution in [3.63, 3.8) is 0 Å². The van der Waals surface area contributed by atoms with Crippen LogP contribution in [0.3, 0.4) is 0 Å². The minimum Gasteiger partial charge on any atom is -0.381 e. The van der Waals surface area contributed by atoms with Crippen molar-refractivity contribution >= 4 is 0 Å². The molecular formula is C16H31NO2. The molecule has 1 saturated carbocycles. The SMILES string of the molecule is CCOC(C(N)CC1CCOCC1)C1CCCCC1. The van der Waals surface area contributed by atoms with Gasteiger partial charge in [-0.3, -0.25) is 0 Å². The van der Waals surface area contributed by atoms with Gasteiger partial charge < -0.3 is 15.2 Å². The van der Waals surface area contributed by atoms with Crippen LogP contribution in [0.2, 0.25) is 0 Å². The van der Waals surface area contributed by atoms with E-state index in [4.69, 9.17) is 15.2 Å². The van der Waals surface area contributed by atoms with Crippen LogP contribution in [0.15, 0.2) is 0 Å². The molecule has 0 spiro atoms. The molecule has 0 radical (unpaired) electrons. The van der Waals surface area contributed by atoms with E-state index in [1.54, 1.807) is 0 Å². The van der Waals surface area contributed by atoms with Gasteiger partial charge in [-0.25, -0.2) is 0 Å². The van der Waals surface area contributed by atoms with Crippen molar-refractivity contribution in [2.24, 2.45) is 17.6 Å². The zero-order valence-corrected chi connectivity index (χ0v) is 12.5. The maximum atomic E-state index is 6.50. The molecule has 3 nitrogen and oxygen atoms in total. The fraction of sp³-hybridized carbons (Fsp3) is 1.00. The number of hydrogen-bond acceptors (Lipinski definition) is 3. The van der Waals surface area contributed by atoms with E-state index in [1.807, 2.05) is 0 Å². The minimum atomic E-state index is 0.214. The van der Waals surface area contributed by atoms with Gasteiger partial charge in [0.25, 0.3) is 0 Å². The van der Waals surface area contributed by atoms with E-state index >= 15 is 0 Å². The Morgan fingerprint density at radius 3 is 2.42 bits per heavy atom. The molecule has 3 heteroatoms. The van der Waals surface area contributed by atoms with Crippen LogP contribution in [0.25, 0.3) is 0 Å². The van der Waals surface area contributed by atoms with Gasteiger partial charge in [-0.2, -0.15) is 0 Å².